The Morgan fingerprint density at radius 2 is 1.62 bits per heavy atom. The molecule has 0 saturated carbocycles. The molecular formula is C27H30N2O3. The number of carbonyl (C=O) groups is 1. The van der Waals surface area contributed by atoms with Gasteiger partial charge in [0.25, 0.3) is 0 Å². The van der Waals surface area contributed by atoms with Crippen molar-refractivity contribution in [1.82, 2.24) is 4.90 Å². The minimum Gasteiger partial charge on any atom is -0.497 e. The zero-order chi connectivity index (χ0) is 22.3. The molecule has 1 amide bonds. The molecule has 1 atom stereocenters. The largest absolute Gasteiger partial charge is 0.497 e. The summed E-state index contributed by atoms with van der Waals surface area (Å²) in [5.74, 6) is 0.881. The summed E-state index contributed by atoms with van der Waals surface area (Å²) >= 11 is 0. The van der Waals surface area contributed by atoms with Crippen molar-refractivity contribution < 1.29 is 14.6 Å². The van der Waals surface area contributed by atoms with Crippen molar-refractivity contribution in [3.63, 3.8) is 0 Å². The lowest BCUT2D eigenvalue weighted by atomic mass is 10.0. The van der Waals surface area contributed by atoms with Crippen LogP contribution in [-0.4, -0.2) is 42.2 Å². The number of ether oxygens (including phenoxy) is 1. The highest BCUT2D eigenvalue weighted by molar-refractivity contribution is 5.78. The lowest BCUT2D eigenvalue weighted by Gasteiger charge is -2.34. The quantitative estimate of drug-likeness (QED) is 0.615. The summed E-state index contributed by atoms with van der Waals surface area (Å²) in [5, 5.41) is 10.8. The van der Waals surface area contributed by atoms with E-state index in [-0.39, 0.29) is 5.91 Å². The topological polar surface area (TPSA) is 53.0 Å². The first-order chi connectivity index (χ1) is 15.6. The fraction of sp³-hybridized carbons (Fsp3) is 0.296. The third kappa shape index (κ3) is 5.48. The predicted octanol–water partition coefficient (Wildman–Crippen LogP) is 4.04. The average molecular weight is 431 g/mol. The minimum atomic E-state index is -0.526. The first-order valence-corrected chi connectivity index (χ1v) is 11.1. The van der Waals surface area contributed by atoms with Crippen LogP contribution in [0.3, 0.4) is 0 Å². The Hall–Kier alpha value is -3.31. The molecule has 166 valence electrons. The molecular weight excluding hydrogens is 400 g/mol. The third-order valence-electron chi connectivity index (χ3n) is 5.90. The van der Waals surface area contributed by atoms with E-state index in [2.05, 4.69) is 4.90 Å². The summed E-state index contributed by atoms with van der Waals surface area (Å²) in [6.07, 6.45) is 0.468. The van der Waals surface area contributed by atoms with E-state index >= 15 is 0 Å². The van der Waals surface area contributed by atoms with Gasteiger partial charge in [-0.05, 0) is 34.9 Å². The van der Waals surface area contributed by atoms with E-state index in [9.17, 15) is 9.90 Å². The van der Waals surface area contributed by atoms with Gasteiger partial charge in [0.1, 0.15) is 5.75 Å². The lowest BCUT2D eigenvalue weighted by molar-refractivity contribution is -0.132. The maximum Gasteiger partial charge on any atom is 0.224 e. The van der Waals surface area contributed by atoms with Gasteiger partial charge in [0.05, 0.1) is 13.2 Å². The molecule has 1 unspecified atom stereocenters. The zero-order valence-corrected chi connectivity index (χ0v) is 18.5. The van der Waals surface area contributed by atoms with Crippen molar-refractivity contribution in [2.45, 2.75) is 32.0 Å². The fourth-order valence-corrected chi connectivity index (χ4v) is 4.27. The smallest absolute Gasteiger partial charge is 0.224 e. The Labute approximate surface area is 189 Å². The highest BCUT2D eigenvalue weighted by Crippen LogP contribution is 2.30. The summed E-state index contributed by atoms with van der Waals surface area (Å²) in [7, 11) is 1.65. The lowest BCUT2D eigenvalue weighted by Crippen LogP contribution is -2.41. The molecule has 5 heteroatoms. The van der Waals surface area contributed by atoms with Crippen LogP contribution in [0.25, 0.3) is 0 Å². The van der Waals surface area contributed by atoms with E-state index in [1.165, 1.54) is 0 Å². The number of nitrogens with zero attached hydrogens (tertiary/aromatic N) is 2. The number of hydrogen-bond acceptors (Lipinski definition) is 4. The van der Waals surface area contributed by atoms with E-state index in [1.54, 1.807) is 7.11 Å². The van der Waals surface area contributed by atoms with Crippen LogP contribution >= 0.6 is 0 Å². The number of benzene rings is 3. The van der Waals surface area contributed by atoms with E-state index in [4.69, 9.17) is 4.74 Å². The van der Waals surface area contributed by atoms with Crippen LogP contribution in [-0.2, 0) is 24.3 Å². The maximum atomic E-state index is 13.1. The molecule has 1 aliphatic rings. The fourth-order valence-electron chi connectivity index (χ4n) is 4.27. The van der Waals surface area contributed by atoms with Crippen LogP contribution < -0.4 is 9.64 Å². The van der Waals surface area contributed by atoms with Gasteiger partial charge < -0.3 is 19.6 Å². The molecule has 1 N–H and O–H groups in total. The molecule has 3 aromatic rings. The van der Waals surface area contributed by atoms with Gasteiger partial charge in [0.15, 0.2) is 0 Å². The second kappa shape index (κ2) is 10.3. The molecule has 5 nitrogen and oxygen atoms in total. The van der Waals surface area contributed by atoms with Gasteiger partial charge in [-0.1, -0.05) is 60.7 Å². The first-order valence-electron chi connectivity index (χ1n) is 11.1. The van der Waals surface area contributed by atoms with Crippen LogP contribution in [0.5, 0.6) is 5.75 Å². The number of aliphatic hydroxyl groups excluding tert-OH is 1. The molecule has 0 saturated heterocycles. The number of β-amino-alcohol motifs (C(OH)–C–C–N with tert-alkyl or cyclic N) is 1. The summed E-state index contributed by atoms with van der Waals surface area (Å²) in [6.45, 7) is 2.12. The number of rotatable bonds is 7. The van der Waals surface area contributed by atoms with E-state index in [1.807, 2.05) is 83.8 Å². The third-order valence-corrected chi connectivity index (χ3v) is 5.90. The van der Waals surface area contributed by atoms with E-state index in [0.29, 0.717) is 39.0 Å². The highest BCUT2D eigenvalue weighted by Gasteiger charge is 2.24. The van der Waals surface area contributed by atoms with Crippen LogP contribution in [0.2, 0.25) is 0 Å². The molecule has 1 aliphatic heterocycles. The van der Waals surface area contributed by atoms with Crippen molar-refractivity contribution in [2.24, 2.45) is 0 Å². The second-order valence-corrected chi connectivity index (χ2v) is 8.27. The molecule has 0 aliphatic carbocycles. The Bertz CT molecular complexity index is 1020. The van der Waals surface area contributed by atoms with Crippen LogP contribution in [0.15, 0.2) is 78.9 Å². The highest BCUT2D eigenvalue weighted by atomic mass is 16.5. The molecule has 0 spiro atoms. The first kappa shape index (κ1) is 21.9. The molecule has 4 rings (SSSR count). The zero-order valence-electron chi connectivity index (χ0n) is 18.5. The number of methoxy groups -OCH3 is 1. The Balaban J connectivity index is 1.57. The molecule has 3 aromatic carbocycles. The van der Waals surface area contributed by atoms with Gasteiger partial charge in [0.2, 0.25) is 5.91 Å². The van der Waals surface area contributed by atoms with Gasteiger partial charge >= 0.3 is 0 Å². The van der Waals surface area contributed by atoms with Crippen LogP contribution in [0, 0.1) is 0 Å². The van der Waals surface area contributed by atoms with Gasteiger partial charge in [-0.2, -0.15) is 0 Å². The molecule has 1 heterocycles. The van der Waals surface area contributed by atoms with Crippen LogP contribution in [0.4, 0.5) is 5.69 Å². The summed E-state index contributed by atoms with van der Waals surface area (Å²) in [5.41, 5.74) is 4.29. The van der Waals surface area contributed by atoms with Gasteiger partial charge in [-0.25, -0.2) is 0 Å². The van der Waals surface area contributed by atoms with Gasteiger partial charge in [-0.15, -0.1) is 0 Å². The van der Waals surface area contributed by atoms with Gasteiger partial charge in [-0.3, -0.25) is 4.79 Å². The predicted molar refractivity (Wildman–Crippen MR) is 127 cm³/mol. The standard InChI is InChI=1S/C27H30N2O3/c1-32-25-12-13-26-23(17-25)19-29(18-22-10-6-3-7-11-22)27(31)14-15-28(26)20-24(30)16-21-8-4-2-5-9-21/h2-13,17,24,30H,14-16,18-20H2,1H3. The van der Waals surface area contributed by atoms with E-state index in [0.717, 1.165) is 28.1 Å². The molecule has 0 bridgehead atoms. The van der Waals surface area contributed by atoms with Gasteiger partial charge in [0, 0.05) is 44.7 Å². The number of anilines is 1. The number of fused-ring (bicyclic) bond motifs is 1. The molecule has 0 aromatic heterocycles. The minimum absolute atomic E-state index is 0.116. The number of aliphatic hydroxyl groups is 1. The summed E-state index contributed by atoms with van der Waals surface area (Å²) in [6, 6.07) is 26.1. The SMILES string of the molecule is COc1ccc2c(c1)CN(Cc1ccccc1)C(=O)CCN2CC(O)Cc1ccccc1. The van der Waals surface area contributed by atoms with Crippen molar-refractivity contribution in [1.29, 1.82) is 0 Å². The average Bonchev–Trinajstić information content (AvgIpc) is 2.81. The Morgan fingerprint density at radius 1 is 0.938 bits per heavy atom. The number of hydrogen-bond donors (Lipinski definition) is 1. The maximum absolute atomic E-state index is 13.1. The summed E-state index contributed by atoms with van der Waals surface area (Å²) in [4.78, 5) is 17.1. The second-order valence-electron chi connectivity index (χ2n) is 8.27. The number of amides is 1. The molecule has 32 heavy (non-hydrogen) atoms. The van der Waals surface area contributed by atoms with E-state index < -0.39 is 6.10 Å². The van der Waals surface area contributed by atoms with Crippen molar-refractivity contribution in [3.8, 4) is 5.75 Å². The molecule has 0 fully saturated rings. The van der Waals surface area contributed by atoms with Crippen molar-refractivity contribution in [3.05, 3.63) is 95.6 Å². The van der Waals surface area contributed by atoms with Crippen LogP contribution in [0.1, 0.15) is 23.1 Å². The number of carbonyl (C=O) groups excluding carboxylic acids is 1. The van der Waals surface area contributed by atoms with Crippen molar-refractivity contribution in [2.75, 3.05) is 25.1 Å². The Morgan fingerprint density at radius 3 is 2.31 bits per heavy atom. The monoisotopic (exact) mass is 430 g/mol. The molecule has 0 radical (unpaired) electrons. The Kier molecular flexibility index (Phi) is 7.07. The summed E-state index contributed by atoms with van der Waals surface area (Å²) < 4.78 is 5.46. The van der Waals surface area contributed by atoms with Crippen molar-refractivity contribution >= 4 is 11.6 Å². The normalized spacial score (nSPS) is 15.0.